The van der Waals surface area contributed by atoms with Crippen molar-refractivity contribution < 1.29 is 27.9 Å². The molecule has 5 nitrogen and oxygen atoms in total. The van der Waals surface area contributed by atoms with Gasteiger partial charge >= 0.3 is 12.1 Å². The third-order valence-corrected chi connectivity index (χ3v) is 5.56. The molecule has 0 aromatic heterocycles. The molecule has 0 saturated carbocycles. The Morgan fingerprint density at radius 1 is 1.17 bits per heavy atom. The average Bonchev–Trinajstić information content (AvgIpc) is 3.03. The van der Waals surface area contributed by atoms with Crippen LogP contribution in [0.2, 0.25) is 0 Å². The van der Waals surface area contributed by atoms with Crippen molar-refractivity contribution in [2.45, 2.75) is 18.6 Å². The van der Waals surface area contributed by atoms with Crippen molar-refractivity contribution >= 4 is 30.0 Å². The highest BCUT2D eigenvalue weighted by atomic mass is 35.5. The van der Waals surface area contributed by atoms with Gasteiger partial charge in [0.25, 0.3) is 0 Å². The van der Waals surface area contributed by atoms with Crippen LogP contribution in [0.5, 0.6) is 0 Å². The molecule has 4 rings (SSSR count). The van der Waals surface area contributed by atoms with E-state index in [1.165, 1.54) is 12.1 Å². The number of anilines is 1. The lowest BCUT2D eigenvalue weighted by Gasteiger charge is -2.36. The number of amides is 1. The van der Waals surface area contributed by atoms with Crippen molar-refractivity contribution in [2.24, 2.45) is 5.41 Å². The molecule has 154 valence electrons. The van der Waals surface area contributed by atoms with E-state index < -0.39 is 34.9 Å². The smallest absolute Gasteiger partial charge is 0.418 e. The Kier molecular flexibility index (Phi) is 5.36. The molecule has 2 heterocycles. The summed E-state index contributed by atoms with van der Waals surface area (Å²) in [4.78, 5) is 26.7. The largest absolute Gasteiger partial charge is 0.480 e. The lowest BCUT2D eigenvalue weighted by atomic mass is 9.70. The molecule has 1 saturated heterocycles. The van der Waals surface area contributed by atoms with Crippen LogP contribution in [0.25, 0.3) is 0 Å². The number of rotatable bonds is 3. The number of carbonyl (C=O) groups is 2. The number of hydrogen-bond donors (Lipinski definition) is 2. The summed E-state index contributed by atoms with van der Waals surface area (Å²) < 4.78 is 40.2. The Labute approximate surface area is 170 Å². The fourth-order valence-electron chi connectivity index (χ4n) is 4.27. The minimum atomic E-state index is -4.65. The molecule has 2 unspecified atom stereocenters. The van der Waals surface area contributed by atoms with Crippen molar-refractivity contribution in [3.05, 3.63) is 65.2 Å². The molecule has 0 spiro atoms. The highest BCUT2D eigenvalue weighted by Crippen LogP contribution is 2.52. The number of carboxylic acids is 1. The van der Waals surface area contributed by atoms with Gasteiger partial charge in [-0.25, -0.2) is 0 Å². The number of nitrogens with zero attached hydrogens (tertiary/aromatic N) is 1. The maximum absolute atomic E-state index is 13.4. The molecule has 2 aromatic carbocycles. The van der Waals surface area contributed by atoms with E-state index in [1.54, 1.807) is 0 Å². The quantitative estimate of drug-likeness (QED) is 0.733. The van der Waals surface area contributed by atoms with Crippen LogP contribution >= 0.6 is 12.4 Å². The number of halogens is 4. The Morgan fingerprint density at radius 2 is 1.86 bits per heavy atom. The molecule has 2 aliphatic rings. The van der Waals surface area contributed by atoms with E-state index in [0.717, 1.165) is 11.6 Å². The van der Waals surface area contributed by atoms with Crippen LogP contribution in [0.15, 0.2) is 48.5 Å². The van der Waals surface area contributed by atoms with Crippen molar-refractivity contribution in [2.75, 3.05) is 18.4 Å². The summed E-state index contributed by atoms with van der Waals surface area (Å²) in [5, 5.41) is 12.1. The first-order chi connectivity index (χ1) is 13.2. The van der Waals surface area contributed by atoms with Gasteiger partial charge in [0.2, 0.25) is 5.91 Å². The lowest BCUT2D eigenvalue weighted by Crippen LogP contribution is -2.51. The lowest BCUT2D eigenvalue weighted by molar-refractivity contribution is -0.154. The topological polar surface area (TPSA) is 69.6 Å². The van der Waals surface area contributed by atoms with Crippen molar-refractivity contribution in [1.29, 1.82) is 0 Å². The SMILES string of the molecule is Cl.O=C(O)C12CN(Cc3ccccc3)CC1c1cccc(C(F)(F)F)c1NC2=O. The van der Waals surface area contributed by atoms with Gasteiger partial charge < -0.3 is 10.4 Å². The monoisotopic (exact) mass is 426 g/mol. The van der Waals surface area contributed by atoms with Crippen molar-refractivity contribution in [3.8, 4) is 0 Å². The maximum atomic E-state index is 13.4. The van der Waals surface area contributed by atoms with E-state index in [-0.39, 0.29) is 36.7 Å². The summed E-state index contributed by atoms with van der Waals surface area (Å²) in [5.41, 5.74) is -1.95. The number of fused-ring (bicyclic) bond motifs is 3. The van der Waals surface area contributed by atoms with E-state index in [1.807, 2.05) is 35.2 Å². The second-order valence-electron chi connectivity index (χ2n) is 7.21. The molecule has 0 radical (unpaired) electrons. The summed E-state index contributed by atoms with van der Waals surface area (Å²) in [6, 6.07) is 12.9. The second-order valence-corrected chi connectivity index (χ2v) is 7.21. The third kappa shape index (κ3) is 3.36. The van der Waals surface area contributed by atoms with Crippen LogP contribution in [-0.2, 0) is 22.3 Å². The number of para-hydroxylation sites is 1. The molecule has 9 heteroatoms. The summed E-state index contributed by atoms with van der Waals surface area (Å²) in [7, 11) is 0. The summed E-state index contributed by atoms with van der Waals surface area (Å²) in [6.07, 6.45) is -4.65. The van der Waals surface area contributed by atoms with Gasteiger partial charge in [-0.15, -0.1) is 12.4 Å². The number of alkyl halides is 3. The Morgan fingerprint density at radius 3 is 2.48 bits per heavy atom. The predicted molar refractivity (Wildman–Crippen MR) is 102 cm³/mol. The number of likely N-dealkylation sites (tertiary alicyclic amines) is 1. The molecular formula is C20H18ClF3N2O3. The first kappa shape index (κ1) is 21.1. The standard InChI is InChI=1S/C20H17F3N2O3.ClH/c21-20(22,23)14-8-4-7-13-15-10-25(9-12-5-2-1-3-6-12)11-19(15,18(27)28)17(26)24-16(13)14;/h1-8,15H,9-11H2,(H,24,26)(H,27,28);1H. The third-order valence-electron chi connectivity index (χ3n) is 5.56. The van der Waals surface area contributed by atoms with Gasteiger partial charge in [0.05, 0.1) is 11.3 Å². The zero-order valence-electron chi connectivity index (χ0n) is 15.1. The summed E-state index contributed by atoms with van der Waals surface area (Å²) >= 11 is 0. The van der Waals surface area contributed by atoms with E-state index in [9.17, 15) is 27.9 Å². The molecule has 2 aromatic rings. The predicted octanol–water partition coefficient (Wildman–Crippen LogP) is 3.75. The van der Waals surface area contributed by atoms with Crippen LogP contribution in [0, 0.1) is 5.41 Å². The number of carbonyl (C=O) groups excluding carboxylic acids is 1. The number of aliphatic carboxylic acids is 1. The highest BCUT2D eigenvalue weighted by molar-refractivity contribution is 6.12. The molecule has 0 aliphatic carbocycles. The van der Waals surface area contributed by atoms with Gasteiger partial charge in [0, 0.05) is 25.6 Å². The number of benzene rings is 2. The second kappa shape index (κ2) is 7.35. The number of nitrogens with one attached hydrogen (secondary N) is 1. The number of carboxylic acid groups (broad SMARTS) is 1. The summed E-state index contributed by atoms with van der Waals surface area (Å²) in [6.45, 7) is 0.528. The van der Waals surface area contributed by atoms with E-state index >= 15 is 0 Å². The minimum absolute atomic E-state index is 0. The van der Waals surface area contributed by atoms with Crippen LogP contribution in [0.3, 0.4) is 0 Å². The van der Waals surface area contributed by atoms with Gasteiger partial charge in [-0.3, -0.25) is 14.5 Å². The first-order valence-corrected chi connectivity index (χ1v) is 8.74. The molecular weight excluding hydrogens is 409 g/mol. The first-order valence-electron chi connectivity index (χ1n) is 8.74. The van der Waals surface area contributed by atoms with E-state index in [0.29, 0.717) is 6.54 Å². The molecule has 1 amide bonds. The van der Waals surface area contributed by atoms with E-state index in [4.69, 9.17) is 0 Å². The zero-order valence-corrected chi connectivity index (χ0v) is 15.9. The molecule has 2 aliphatic heterocycles. The van der Waals surface area contributed by atoms with Gasteiger partial charge in [0.1, 0.15) is 0 Å². The van der Waals surface area contributed by atoms with Crippen molar-refractivity contribution in [1.82, 2.24) is 4.90 Å². The normalized spacial score (nSPS) is 23.6. The number of hydrogen-bond acceptors (Lipinski definition) is 3. The zero-order chi connectivity index (χ0) is 20.1. The fourth-order valence-corrected chi connectivity index (χ4v) is 4.27. The molecule has 1 fully saturated rings. The fraction of sp³-hybridized carbons (Fsp3) is 0.300. The van der Waals surface area contributed by atoms with Crippen LogP contribution in [0.1, 0.15) is 22.6 Å². The highest BCUT2D eigenvalue weighted by Gasteiger charge is 2.61. The molecule has 29 heavy (non-hydrogen) atoms. The van der Waals surface area contributed by atoms with Gasteiger partial charge in [-0.1, -0.05) is 42.5 Å². The maximum Gasteiger partial charge on any atom is 0.418 e. The summed E-state index contributed by atoms with van der Waals surface area (Å²) in [5.74, 6) is -3.09. The van der Waals surface area contributed by atoms with Crippen LogP contribution in [-0.4, -0.2) is 35.0 Å². The Balaban J connectivity index is 0.00000240. The van der Waals surface area contributed by atoms with Crippen molar-refractivity contribution in [3.63, 3.8) is 0 Å². The van der Waals surface area contributed by atoms with Gasteiger partial charge in [-0.05, 0) is 17.2 Å². The molecule has 2 N–H and O–H groups in total. The molecule has 2 atom stereocenters. The average molecular weight is 427 g/mol. The minimum Gasteiger partial charge on any atom is -0.480 e. The van der Waals surface area contributed by atoms with Crippen LogP contribution in [0.4, 0.5) is 18.9 Å². The van der Waals surface area contributed by atoms with Crippen LogP contribution < -0.4 is 5.32 Å². The van der Waals surface area contributed by atoms with E-state index in [2.05, 4.69) is 5.32 Å². The molecule has 0 bridgehead atoms. The van der Waals surface area contributed by atoms with Gasteiger partial charge in [-0.2, -0.15) is 13.2 Å². The van der Waals surface area contributed by atoms with Gasteiger partial charge in [0.15, 0.2) is 5.41 Å². The Bertz CT molecular complexity index is 952. The Hall–Kier alpha value is -2.58.